The average Bonchev–Trinajstić information content (AvgIpc) is 3.47. The average molecular weight is 450 g/mol. The number of urea groups is 1. The molecule has 0 aliphatic carbocycles. The number of hydrogen-bond acceptors (Lipinski definition) is 5. The smallest absolute Gasteiger partial charge is 0.326 e. The zero-order valence-electron chi connectivity index (χ0n) is 16.8. The van der Waals surface area contributed by atoms with Gasteiger partial charge in [0.2, 0.25) is 5.82 Å². The fraction of sp³-hybridized carbons (Fsp3) is 0.0870. The second-order valence-corrected chi connectivity index (χ2v) is 8.09. The van der Waals surface area contributed by atoms with Crippen molar-refractivity contribution in [1.29, 1.82) is 0 Å². The molecule has 1 unspecified atom stereocenters. The number of benzene rings is 2. The van der Waals surface area contributed by atoms with E-state index in [1.165, 1.54) is 52.6 Å². The van der Waals surface area contributed by atoms with E-state index in [9.17, 15) is 13.6 Å². The van der Waals surface area contributed by atoms with E-state index in [4.69, 9.17) is 4.52 Å². The Morgan fingerprint density at radius 2 is 1.72 bits per heavy atom. The molecule has 0 spiro atoms. The van der Waals surface area contributed by atoms with E-state index >= 15 is 0 Å². The van der Waals surface area contributed by atoms with E-state index in [1.54, 1.807) is 19.1 Å². The third-order valence-electron chi connectivity index (χ3n) is 5.17. The quantitative estimate of drug-likeness (QED) is 0.428. The van der Waals surface area contributed by atoms with Crippen molar-refractivity contribution in [3.8, 4) is 10.7 Å². The fourth-order valence-corrected chi connectivity index (χ4v) is 4.31. The minimum atomic E-state index is -0.642. The summed E-state index contributed by atoms with van der Waals surface area (Å²) in [4.78, 5) is 19.9. The number of rotatable bonds is 4. The number of nitrogens with zero attached hydrogens (tertiary/aromatic N) is 3. The Balaban J connectivity index is 1.66. The van der Waals surface area contributed by atoms with E-state index in [2.05, 4.69) is 15.5 Å². The van der Waals surface area contributed by atoms with Gasteiger partial charge in [-0.05, 0) is 60.3 Å². The molecule has 0 fully saturated rings. The van der Waals surface area contributed by atoms with Gasteiger partial charge in [-0.1, -0.05) is 23.4 Å². The maximum Gasteiger partial charge on any atom is 0.326 e. The first-order valence-electron chi connectivity index (χ1n) is 9.71. The molecular formula is C23H16F2N4O2S. The summed E-state index contributed by atoms with van der Waals surface area (Å²) in [6, 6.07) is 14.1. The van der Waals surface area contributed by atoms with Gasteiger partial charge in [0.1, 0.15) is 11.6 Å². The van der Waals surface area contributed by atoms with Crippen molar-refractivity contribution in [1.82, 2.24) is 15.5 Å². The van der Waals surface area contributed by atoms with Crippen LogP contribution in [0.3, 0.4) is 0 Å². The van der Waals surface area contributed by atoms with E-state index in [0.717, 1.165) is 4.88 Å². The Kier molecular flexibility index (Phi) is 5.02. The molecular weight excluding hydrogens is 434 g/mol. The van der Waals surface area contributed by atoms with E-state index < -0.39 is 17.9 Å². The maximum absolute atomic E-state index is 13.5. The predicted octanol–water partition coefficient (Wildman–Crippen LogP) is 5.78. The van der Waals surface area contributed by atoms with Crippen LogP contribution in [0.15, 0.2) is 76.3 Å². The molecule has 4 aromatic rings. The van der Waals surface area contributed by atoms with Crippen molar-refractivity contribution < 1.29 is 18.1 Å². The van der Waals surface area contributed by atoms with Crippen LogP contribution in [0.1, 0.15) is 24.4 Å². The number of anilines is 1. The second kappa shape index (κ2) is 8.01. The molecule has 32 heavy (non-hydrogen) atoms. The lowest BCUT2D eigenvalue weighted by Crippen LogP contribution is -2.46. The van der Waals surface area contributed by atoms with Gasteiger partial charge in [-0.2, -0.15) is 4.98 Å². The Hall–Kier alpha value is -3.85. The summed E-state index contributed by atoms with van der Waals surface area (Å²) in [5.41, 5.74) is 2.24. The summed E-state index contributed by atoms with van der Waals surface area (Å²) < 4.78 is 32.6. The Bertz CT molecular complexity index is 1300. The van der Waals surface area contributed by atoms with Gasteiger partial charge >= 0.3 is 6.03 Å². The van der Waals surface area contributed by atoms with Crippen LogP contribution in [-0.2, 0) is 0 Å². The number of carbonyl (C=O) groups is 1. The molecule has 1 aliphatic rings. The molecule has 9 heteroatoms. The minimum absolute atomic E-state index is 0.229. The standard InChI is InChI=1S/C23H16F2N4O2S/c1-13-19(22-27-21(28-31-22)18-3-2-12-32-18)20(14-4-6-15(24)7-5-14)26-23(30)29(13)17-10-8-16(25)9-11-17/h2-12,20H,1H3,(H,26,30). The lowest BCUT2D eigenvalue weighted by atomic mass is 9.94. The van der Waals surface area contributed by atoms with Crippen LogP contribution < -0.4 is 10.2 Å². The summed E-state index contributed by atoms with van der Waals surface area (Å²) in [5, 5.41) is 8.93. The molecule has 2 aromatic carbocycles. The molecule has 160 valence electrons. The molecule has 5 rings (SSSR count). The Morgan fingerprint density at radius 1 is 1.03 bits per heavy atom. The third kappa shape index (κ3) is 3.56. The monoisotopic (exact) mass is 450 g/mol. The van der Waals surface area contributed by atoms with Crippen molar-refractivity contribution >= 4 is 28.6 Å². The van der Waals surface area contributed by atoms with Gasteiger partial charge in [0, 0.05) is 5.70 Å². The van der Waals surface area contributed by atoms with Gasteiger partial charge in [0.25, 0.3) is 5.89 Å². The van der Waals surface area contributed by atoms with Crippen LogP contribution in [0.25, 0.3) is 16.3 Å². The molecule has 1 aliphatic heterocycles. The first-order chi connectivity index (χ1) is 15.5. The van der Waals surface area contributed by atoms with Gasteiger partial charge < -0.3 is 9.84 Å². The first kappa shape index (κ1) is 20.1. The van der Waals surface area contributed by atoms with Crippen LogP contribution >= 0.6 is 11.3 Å². The number of thiophene rings is 1. The summed E-state index contributed by atoms with van der Waals surface area (Å²) in [5.74, 6) is -0.135. The third-order valence-corrected chi connectivity index (χ3v) is 6.04. The number of aromatic nitrogens is 2. The van der Waals surface area contributed by atoms with Crippen LogP contribution in [-0.4, -0.2) is 16.2 Å². The summed E-state index contributed by atoms with van der Waals surface area (Å²) in [6.45, 7) is 1.75. The molecule has 2 aromatic heterocycles. The van der Waals surface area contributed by atoms with Crippen LogP contribution in [0.2, 0.25) is 0 Å². The normalized spacial score (nSPS) is 16.4. The zero-order chi connectivity index (χ0) is 22.2. The highest BCUT2D eigenvalue weighted by Crippen LogP contribution is 2.39. The topological polar surface area (TPSA) is 71.3 Å². The highest BCUT2D eigenvalue weighted by molar-refractivity contribution is 7.13. The van der Waals surface area contributed by atoms with Crippen LogP contribution in [0.5, 0.6) is 0 Å². The Labute approximate surface area is 185 Å². The zero-order valence-corrected chi connectivity index (χ0v) is 17.6. The number of allylic oxidation sites excluding steroid dienone is 1. The van der Waals surface area contributed by atoms with Gasteiger partial charge in [0.15, 0.2) is 0 Å². The lowest BCUT2D eigenvalue weighted by molar-refractivity contribution is 0.244. The van der Waals surface area contributed by atoms with E-state index in [-0.39, 0.29) is 11.7 Å². The van der Waals surface area contributed by atoms with E-state index in [0.29, 0.717) is 28.3 Å². The number of amides is 2. The second-order valence-electron chi connectivity index (χ2n) is 7.15. The molecule has 1 N–H and O–H groups in total. The maximum atomic E-state index is 13.5. The first-order valence-corrected chi connectivity index (χ1v) is 10.6. The van der Waals surface area contributed by atoms with Crippen LogP contribution in [0.4, 0.5) is 19.3 Å². The molecule has 6 nitrogen and oxygen atoms in total. The minimum Gasteiger partial charge on any atom is -0.334 e. The molecule has 3 heterocycles. The lowest BCUT2D eigenvalue weighted by Gasteiger charge is -2.35. The van der Waals surface area contributed by atoms with Crippen molar-refractivity contribution in [3.63, 3.8) is 0 Å². The SMILES string of the molecule is CC1=C(c2nc(-c3cccs3)no2)C(c2ccc(F)cc2)NC(=O)N1c1ccc(F)cc1. The summed E-state index contributed by atoms with van der Waals surface area (Å²) >= 11 is 1.48. The molecule has 0 saturated heterocycles. The summed E-state index contributed by atoms with van der Waals surface area (Å²) in [6.07, 6.45) is 0. The predicted molar refractivity (Wildman–Crippen MR) is 117 cm³/mol. The van der Waals surface area contributed by atoms with Crippen molar-refractivity contribution in [3.05, 3.63) is 94.8 Å². The molecule has 2 amide bonds. The van der Waals surface area contributed by atoms with E-state index in [1.807, 2.05) is 17.5 Å². The number of hydrogen-bond donors (Lipinski definition) is 1. The van der Waals surface area contributed by atoms with Gasteiger partial charge in [-0.3, -0.25) is 4.90 Å². The largest absolute Gasteiger partial charge is 0.334 e. The fourth-order valence-electron chi connectivity index (χ4n) is 3.67. The molecule has 0 radical (unpaired) electrons. The molecule has 1 atom stereocenters. The summed E-state index contributed by atoms with van der Waals surface area (Å²) in [7, 11) is 0. The van der Waals surface area contributed by atoms with Crippen molar-refractivity contribution in [2.45, 2.75) is 13.0 Å². The number of nitrogens with one attached hydrogen (secondary N) is 1. The number of carbonyl (C=O) groups excluding carboxylic acids is 1. The van der Waals surface area contributed by atoms with Gasteiger partial charge in [-0.15, -0.1) is 11.3 Å². The highest BCUT2D eigenvalue weighted by atomic mass is 32.1. The Morgan fingerprint density at radius 3 is 2.38 bits per heavy atom. The number of halogens is 2. The van der Waals surface area contributed by atoms with Crippen molar-refractivity contribution in [2.75, 3.05) is 4.90 Å². The van der Waals surface area contributed by atoms with Crippen LogP contribution in [0, 0.1) is 11.6 Å². The van der Waals surface area contributed by atoms with Gasteiger partial charge in [-0.25, -0.2) is 13.6 Å². The molecule has 0 saturated carbocycles. The molecule has 0 bridgehead atoms. The van der Waals surface area contributed by atoms with Gasteiger partial charge in [0.05, 0.1) is 22.2 Å². The van der Waals surface area contributed by atoms with Crippen molar-refractivity contribution in [2.24, 2.45) is 0 Å². The highest BCUT2D eigenvalue weighted by Gasteiger charge is 2.36.